The standard InChI is InChI=1S/C31H36BrN3O5S/c1-23(31(37)33-26-9-5-3-6-10-26)34(21-24-13-15-25(32)16-14-24)30(36)22-35(27-17-19-28(40-2)20-18-27)41(38,39)29-11-7-4-8-12-29/h4,7-8,11-20,23,26H,3,5-6,9-10,21-22H2,1-2H3,(H,33,37)/t23-/m0/s1. The fourth-order valence-electron chi connectivity index (χ4n) is 4.93. The van der Waals surface area contributed by atoms with Crippen molar-refractivity contribution in [3.8, 4) is 5.75 Å². The van der Waals surface area contributed by atoms with Gasteiger partial charge in [0.2, 0.25) is 11.8 Å². The van der Waals surface area contributed by atoms with Crippen LogP contribution in [0.3, 0.4) is 0 Å². The van der Waals surface area contributed by atoms with E-state index in [0.717, 1.165) is 46.4 Å². The van der Waals surface area contributed by atoms with Gasteiger partial charge in [-0.25, -0.2) is 8.42 Å². The summed E-state index contributed by atoms with van der Waals surface area (Å²) in [5, 5.41) is 3.12. The summed E-state index contributed by atoms with van der Waals surface area (Å²) >= 11 is 3.43. The number of ether oxygens (including phenoxy) is 1. The van der Waals surface area contributed by atoms with E-state index in [4.69, 9.17) is 4.74 Å². The van der Waals surface area contributed by atoms with Crippen LogP contribution >= 0.6 is 15.9 Å². The average molecular weight is 643 g/mol. The summed E-state index contributed by atoms with van der Waals surface area (Å²) in [5.41, 5.74) is 1.13. The van der Waals surface area contributed by atoms with Gasteiger partial charge in [-0.2, -0.15) is 0 Å². The molecule has 3 aromatic rings. The van der Waals surface area contributed by atoms with Crippen LogP contribution in [-0.4, -0.2) is 50.9 Å². The van der Waals surface area contributed by atoms with Crippen LogP contribution in [0.15, 0.2) is 88.2 Å². The molecule has 1 N–H and O–H groups in total. The Bertz CT molecular complexity index is 1410. The second-order valence-electron chi connectivity index (χ2n) is 10.2. The largest absolute Gasteiger partial charge is 0.497 e. The van der Waals surface area contributed by atoms with Crippen LogP contribution in [-0.2, 0) is 26.2 Å². The first-order chi connectivity index (χ1) is 19.7. The van der Waals surface area contributed by atoms with Crippen molar-refractivity contribution in [1.29, 1.82) is 0 Å². The van der Waals surface area contributed by atoms with Crippen molar-refractivity contribution in [3.05, 3.63) is 88.9 Å². The molecule has 0 aromatic heterocycles. The Hall–Kier alpha value is -3.37. The van der Waals surface area contributed by atoms with Crippen LogP contribution < -0.4 is 14.4 Å². The van der Waals surface area contributed by atoms with Crippen LogP contribution in [0.25, 0.3) is 0 Å². The molecule has 10 heteroatoms. The van der Waals surface area contributed by atoms with Crippen LogP contribution in [0.5, 0.6) is 5.75 Å². The van der Waals surface area contributed by atoms with E-state index in [1.54, 1.807) is 49.4 Å². The molecule has 0 aliphatic heterocycles. The van der Waals surface area contributed by atoms with E-state index in [1.165, 1.54) is 24.1 Å². The Morgan fingerprint density at radius 1 is 0.951 bits per heavy atom. The number of anilines is 1. The van der Waals surface area contributed by atoms with Crippen molar-refractivity contribution in [3.63, 3.8) is 0 Å². The first-order valence-corrected chi connectivity index (χ1v) is 16.0. The van der Waals surface area contributed by atoms with Gasteiger partial charge in [0, 0.05) is 17.1 Å². The highest BCUT2D eigenvalue weighted by Crippen LogP contribution is 2.27. The zero-order valence-electron chi connectivity index (χ0n) is 23.3. The number of benzene rings is 3. The molecule has 218 valence electrons. The van der Waals surface area contributed by atoms with Gasteiger partial charge in [-0.3, -0.25) is 13.9 Å². The lowest BCUT2D eigenvalue weighted by Gasteiger charge is -2.33. The number of rotatable bonds is 11. The topological polar surface area (TPSA) is 96.0 Å². The van der Waals surface area contributed by atoms with E-state index in [-0.39, 0.29) is 23.4 Å². The molecule has 4 rings (SSSR count). The number of hydrogen-bond donors (Lipinski definition) is 1. The van der Waals surface area contributed by atoms with Crippen molar-refractivity contribution >= 4 is 43.5 Å². The number of amides is 2. The van der Waals surface area contributed by atoms with E-state index in [0.29, 0.717) is 11.4 Å². The van der Waals surface area contributed by atoms with Crippen molar-refractivity contribution in [2.45, 2.75) is 62.6 Å². The van der Waals surface area contributed by atoms with Gasteiger partial charge in [0.05, 0.1) is 17.7 Å². The van der Waals surface area contributed by atoms with Gasteiger partial charge in [0.1, 0.15) is 18.3 Å². The zero-order valence-corrected chi connectivity index (χ0v) is 25.7. The third-order valence-electron chi connectivity index (χ3n) is 7.36. The molecule has 2 amide bonds. The van der Waals surface area contributed by atoms with E-state index in [9.17, 15) is 18.0 Å². The normalized spacial score (nSPS) is 14.6. The minimum atomic E-state index is -4.11. The van der Waals surface area contributed by atoms with Crippen LogP contribution in [0, 0.1) is 0 Å². The summed E-state index contributed by atoms with van der Waals surface area (Å²) in [6, 6.07) is 21.2. The zero-order chi connectivity index (χ0) is 29.4. The second-order valence-corrected chi connectivity index (χ2v) is 13.0. The van der Waals surface area contributed by atoms with E-state index < -0.39 is 28.5 Å². The summed E-state index contributed by atoms with van der Waals surface area (Å²) in [5.74, 6) is -0.180. The summed E-state index contributed by atoms with van der Waals surface area (Å²) < 4.78 is 34.9. The summed E-state index contributed by atoms with van der Waals surface area (Å²) in [7, 11) is -2.59. The lowest BCUT2D eigenvalue weighted by molar-refractivity contribution is -0.139. The number of carbonyl (C=O) groups is 2. The highest BCUT2D eigenvalue weighted by molar-refractivity contribution is 9.10. The molecule has 41 heavy (non-hydrogen) atoms. The van der Waals surface area contributed by atoms with Gasteiger partial charge in [-0.15, -0.1) is 0 Å². The van der Waals surface area contributed by atoms with Crippen molar-refractivity contribution in [2.75, 3.05) is 18.0 Å². The van der Waals surface area contributed by atoms with Gasteiger partial charge in [0.25, 0.3) is 10.0 Å². The molecule has 1 aliphatic carbocycles. The van der Waals surface area contributed by atoms with Crippen LogP contribution in [0.4, 0.5) is 5.69 Å². The van der Waals surface area contributed by atoms with E-state index >= 15 is 0 Å². The minimum absolute atomic E-state index is 0.0613. The number of hydrogen-bond acceptors (Lipinski definition) is 5. The highest BCUT2D eigenvalue weighted by Gasteiger charge is 2.33. The molecule has 1 aliphatic rings. The summed E-state index contributed by atoms with van der Waals surface area (Å²) in [4.78, 5) is 28.9. The number of carbonyl (C=O) groups excluding carboxylic acids is 2. The molecular formula is C31H36BrN3O5S. The molecule has 0 radical (unpaired) electrons. The fraction of sp³-hybridized carbons (Fsp3) is 0.355. The lowest BCUT2D eigenvalue weighted by atomic mass is 9.95. The monoisotopic (exact) mass is 641 g/mol. The molecule has 0 spiro atoms. The Kier molecular flexibility index (Phi) is 10.4. The third-order valence-corrected chi connectivity index (χ3v) is 9.67. The third kappa shape index (κ3) is 7.89. The predicted molar refractivity (Wildman–Crippen MR) is 163 cm³/mol. The number of halogens is 1. The lowest BCUT2D eigenvalue weighted by Crippen LogP contribution is -2.53. The first kappa shape index (κ1) is 30.6. The molecule has 1 atom stereocenters. The number of nitrogens with one attached hydrogen (secondary N) is 1. The summed E-state index contributed by atoms with van der Waals surface area (Å²) in [6.45, 7) is 1.35. The number of methoxy groups -OCH3 is 1. The quantitative estimate of drug-likeness (QED) is 0.297. The maximum Gasteiger partial charge on any atom is 0.264 e. The van der Waals surface area contributed by atoms with E-state index in [2.05, 4.69) is 21.2 Å². The number of nitrogens with zero attached hydrogens (tertiary/aromatic N) is 2. The molecule has 1 fully saturated rings. The van der Waals surface area contributed by atoms with Gasteiger partial charge < -0.3 is 15.0 Å². The molecule has 8 nitrogen and oxygen atoms in total. The average Bonchev–Trinajstić information content (AvgIpc) is 3.00. The Morgan fingerprint density at radius 2 is 1.59 bits per heavy atom. The molecule has 0 unspecified atom stereocenters. The van der Waals surface area contributed by atoms with Crippen molar-refractivity contribution in [1.82, 2.24) is 10.2 Å². The van der Waals surface area contributed by atoms with E-state index in [1.807, 2.05) is 24.3 Å². The highest BCUT2D eigenvalue weighted by atomic mass is 79.9. The number of sulfonamides is 1. The molecule has 1 saturated carbocycles. The maximum absolute atomic E-state index is 14.0. The van der Waals surface area contributed by atoms with Gasteiger partial charge in [-0.1, -0.05) is 65.5 Å². The maximum atomic E-state index is 14.0. The van der Waals surface area contributed by atoms with Gasteiger partial charge in [0.15, 0.2) is 0 Å². The van der Waals surface area contributed by atoms with Crippen molar-refractivity contribution in [2.24, 2.45) is 0 Å². The SMILES string of the molecule is COc1ccc(N(CC(=O)N(Cc2ccc(Br)cc2)[C@@H](C)C(=O)NC2CCCCC2)S(=O)(=O)c2ccccc2)cc1. The molecule has 3 aromatic carbocycles. The van der Waals surface area contributed by atoms with Gasteiger partial charge in [-0.05, 0) is 73.9 Å². The molecule has 0 bridgehead atoms. The Labute approximate surface area is 250 Å². The first-order valence-electron chi connectivity index (χ1n) is 13.7. The van der Waals surface area contributed by atoms with Crippen molar-refractivity contribution < 1.29 is 22.7 Å². The minimum Gasteiger partial charge on any atom is -0.497 e. The van der Waals surface area contributed by atoms with Crippen LogP contribution in [0.1, 0.15) is 44.6 Å². The molecule has 0 saturated heterocycles. The Morgan fingerprint density at radius 3 is 2.20 bits per heavy atom. The smallest absolute Gasteiger partial charge is 0.264 e. The summed E-state index contributed by atoms with van der Waals surface area (Å²) in [6.07, 6.45) is 5.12. The second kappa shape index (κ2) is 14.0. The van der Waals surface area contributed by atoms with Crippen LogP contribution in [0.2, 0.25) is 0 Å². The Balaban J connectivity index is 1.66. The predicted octanol–water partition coefficient (Wildman–Crippen LogP) is 5.52. The molecular weight excluding hydrogens is 606 g/mol. The molecule has 0 heterocycles. The fourth-order valence-corrected chi connectivity index (χ4v) is 6.63. The van der Waals surface area contributed by atoms with Gasteiger partial charge >= 0.3 is 0 Å².